The van der Waals surface area contributed by atoms with E-state index in [0.717, 1.165) is 0 Å². The fraction of sp³-hybridized carbons (Fsp3) is 0.103. The number of hydrogen-bond acceptors (Lipinski definition) is 1. The summed E-state index contributed by atoms with van der Waals surface area (Å²) < 4.78 is 2.70. The van der Waals surface area contributed by atoms with Gasteiger partial charge in [-0.1, -0.05) is 172 Å². The average molecular weight is 787 g/mol. The maximum Gasteiger partial charge on any atom is 0.248 e. The van der Waals surface area contributed by atoms with Gasteiger partial charge in [-0.15, -0.1) is 0 Å². The zero-order valence-electron chi connectivity index (χ0n) is 35.2. The molecule has 288 valence electrons. The van der Waals surface area contributed by atoms with Crippen molar-refractivity contribution < 1.29 is 0 Å². The Kier molecular flexibility index (Phi) is 6.22. The molecule has 4 aliphatic heterocycles. The highest BCUT2D eigenvalue weighted by atomic mass is 15.2. The van der Waals surface area contributed by atoms with Crippen molar-refractivity contribution in [1.82, 2.24) is 4.57 Å². The zero-order valence-corrected chi connectivity index (χ0v) is 35.2. The monoisotopic (exact) mass is 786 g/mol. The molecule has 0 aliphatic carbocycles. The summed E-state index contributed by atoms with van der Waals surface area (Å²) in [6.07, 6.45) is 0. The Labute approximate surface area is 361 Å². The lowest BCUT2D eigenvalue weighted by atomic mass is 9.35. The van der Waals surface area contributed by atoms with Crippen molar-refractivity contribution in [3.8, 4) is 27.9 Å². The summed E-state index contributed by atoms with van der Waals surface area (Å²) in [5.74, 6) is 0.589. The third-order valence-electron chi connectivity index (χ3n) is 15.4. The zero-order chi connectivity index (χ0) is 40.9. The molecule has 5 heterocycles. The molecule has 0 saturated carbocycles. The van der Waals surface area contributed by atoms with Crippen molar-refractivity contribution in [3.05, 3.63) is 169 Å². The van der Waals surface area contributed by atoms with Gasteiger partial charge in [0, 0.05) is 49.8 Å². The van der Waals surface area contributed by atoms with Gasteiger partial charge in [-0.2, -0.15) is 0 Å². The van der Waals surface area contributed by atoms with E-state index in [1.165, 1.54) is 143 Å². The fourth-order valence-electron chi connectivity index (χ4n) is 13.5. The molecule has 2 nitrogen and oxygen atoms in total. The van der Waals surface area contributed by atoms with Crippen molar-refractivity contribution in [2.24, 2.45) is 0 Å². The van der Waals surface area contributed by atoms with Gasteiger partial charge in [0.15, 0.2) is 0 Å². The van der Waals surface area contributed by atoms with Crippen LogP contribution in [0, 0.1) is 0 Å². The van der Waals surface area contributed by atoms with E-state index in [-0.39, 0.29) is 13.4 Å². The molecular formula is C58H40B2N2. The van der Waals surface area contributed by atoms with Crippen LogP contribution in [0.4, 0.5) is 17.1 Å². The largest absolute Gasteiger partial charge is 0.311 e. The molecule has 0 unspecified atom stereocenters. The van der Waals surface area contributed by atoms with Crippen molar-refractivity contribution in [3.63, 3.8) is 0 Å². The van der Waals surface area contributed by atoms with Crippen LogP contribution in [0.15, 0.2) is 158 Å². The predicted octanol–water partition coefficient (Wildman–Crippen LogP) is 11.0. The SMILES string of the molecule is CC(C)c1c2c(c3ccc4c(C(C)C)c5c(c6ccc1c3c46)-n1c3ccccc3c3ccc4c(c31)B5c1ccccc1-4)N(c1ccccc1)c1cccc3c1B2c1ccccc1-3. The summed E-state index contributed by atoms with van der Waals surface area (Å²) >= 11 is 0. The van der Waals surface area contributed by atoms with Gasteiger partial charge in [-0.3, -0.25) is 0 Å². The Morgan fingerprint density at radius 3 is 1.61 bits per heavy atom. The predicted molar refractivity (Wildman–Crippen MR) is 268 cm³/mol. The third-order valence-corrected chi connectivity index (χ3v) is 15.4. The first-order valence-corrected chi connectivity index (χ1v) is 22.6. The molecular weight excluding hydrogens is 746 g/mol. The summed E-state index contributed by atoms with van der Waals surface area (Å²) in [6.45, 7) is 10.0. The Morgan fingerprint density at radius 2 is 0.919 bits per heavy atom. The number of aromatic nitrogens is 1. The molecule has 0 N–H and O–H groups in total. The lowest BCUT2D eigenvalue weighted by Crippen LogP contribution is -2.56. The van der Waals surface area contributed by atoms with Crippen LogP contribution in [0.25, 0.3) is 82.1 Å². The molecule has 1 aromatic heterocycles. The van der Waals surface area contributed by atoms with Gasteiger partial charge in [0.1, 0.15) is 0 Å². The minimum Gasteiger partial charge on any atom is -0.311 e. The summed E-state index contributed by atoms with van der Waals surface area (Å²) in [7, 11) is 0. The first kappa shape index (κ1) is 33.7. The van der Waals surface area contributed by atoms with Gasteiger partial charge in [0.25, 0.3) is 0 Å². The molecule has 0 fully saturated rings. The number of hydrogen-bond donors (Lipinski definition) is 0. The van der Waals surface area contributed by atoms with E-state index in [4.69, 9.17) is 0 Å². The van der Waals surface area contributed by atoms with E-state index in [2.05, 4.69) is 195 Å². The lowest BCUT2D eigenvalue weighted by Gasteiger charge is -2.40. The summed E-state index contributed by atoms with van der Waals surface area (Å²) in [6, 6.07) is 60.7. The molecule has 11 aromatic rings. The number of para-hydroxylation sites is 2. The molecule has 15 rings (SSSR count). The minimum atomic E-state index is 0.151. The van der Waals surface area contributed by atoms with Crippen molar-refractivity contribution in [1.29, 1.82) is 0 Å². The van der Waals surface area contributed by atoms with Gasteiger partial charge < -0.3 is 9.47 Å². The Hall–Kier alpha value is -7.03. The van der Waals surface area contributed by atoms with Crippen LogP contribution in [0.3, 0.4) is 0 Å². The highest BCUT2D eigenvalue weighted by molar-refractivity contribution is 7.03. The van der Waals surface area contributed by atoms with Crippen LogP contribution in [0.5, 0.6) is 0 Å². The van der Waals surface area contributed by atoms with E-state index >= 15 is 0 Å². The van der Waals surface area contributed by atoms with Gasteiger partial charge >= 0.3 is 0 Å². The number of anilines is 3. The highest BCUT2D eigenvalue weighted by Crippen LogP contribution is 2.51. The van der Waals surface area contributed by atoms with Crippen molar-refractivity contribution >= 4 is 117 Å². The van der Waals surface area contributed by atoms with E-state index in [1.807, 2.05) is 0 Å². The van der Waals surface area contributed by atoms with E-state index in [9.17, 15) is 0 Å². The standard InChI is InChI=1S/C58H40B2N2/c1-31(2)48-40-28-30-43-51-41(49(32(3)4)55-58(43)62-46-23-13-10-19-36(46)39-26-25-38-35-18-9-12-22-45(35)60(55)53(38)56(39)62)27-29-42(50(40)51)57-54(48)59-44-21-11-8-17-34(44)37-20-14-24-47(52(37)59)61(57)33-15-6-5-7-16-33/h5-32H,1-4H3. The second-order valence-electron chi connectivity index (χ2n) is 19.0. The molecule has 4 heteroatoms. The smallest absolute Gasteiger partial charge is 0.248 e. The van der Waals surface area contributed by atoms with Gasteiger partial charge in [0.05, 0.1) is 5.52 Å². The topological polar surface area (TPSA) is 8.17 Å². The average Bonchev–Trinajstić information content (AvgIpc) is 3.95. The number of nitrogens with zero attached hydrogens (tertiary/aromatic N) is 2. The number of rotatable bonds is 3. The van der Waals surface area contributed by atoms with E-state index in [1.54, 1.807) is 0 Å². The van der Waals surface area contributed by atoms with Crippen LogP contribution in [-0.4, -0.2) is 18.0 Å². The number of benzene rings is 10. The molecule has 4 aliphatic rings. The summed E-state index contributed by atoms with van der Waals surface area (Å²) in [5.41, 5.74) is 25.1. The lowest BCUT2D eigenvalue weighted by molar-refractivity contribution is 0.880. The minimum absolute atomic E-state index is 0.151. The molecule has 0 radical (unpaired) electrons. The van der Waals surface area contributed by atoms with Gasteiger partial charge in [-0.25, -0.2) is 0 Å². The van der Waals surface area contributed by atoms with Crippen LogP contribution < -0.4 is 37.7 Å². The molecule has 62 heavy (non-hydrogen) atoms. The second-order valence-corrected chi connectivity index (χ2v) is 19.0. The van der Waals surface area contributed by atoms with Crippen LogP contribution in [0.2, 0.25) is 0 Å². The second kappa shape index (κ2) is 11.5. The molecule has 0 amide bonds. The number of fused-ring (bicyclic) bond motifs is 16. The molecule has 0 bridgehead atoms. The van der Waals surface area contributed by atoms with Crippen LogP contribution in [-0.2, 0) is 0 Å². The van der Waals surface area contributed by atoms with Gasteiger partial charge in [-0.05, 0) is 113 Å². The molecule has 0 saturated heterocycles. The van der Waals surface area contributed by atoms with Crippen LogP contribution in [0.1, 0.15) is 50.7 Å². The molecule has 0 spiro atoms. The Morgan fingerprint density at radius 1 is 0.387 bits per heavy atom. The van der Waals surface area contributed by atoms with Crippen molar-refractivity contribution in [2.75, 3.05) is 4.90 Å². The Balaban J connectivity index is 1.17. The van der Waals surface area contributed by atoms with Crippen LogP contribution >= 0.6 is 0 Å². The fourth-order valence-corrected chi connectivity index (χ4v) is 13.5. The molecule has 0 atom stereocenters. The first-order valence-electron chi connectivity index (χ1n) is 22.6. The maximum atomic E-state index is 2.70. The molecule has 10 aromatic carbocycles. The summed E-state index contributed by atoms with van der Waals surface area (Å²) in [5, 5.41) is 11.0. The summed E-state index contributed by atoms with van der Waals surface area (Å²) in [4.78, 5) is 2.63. The maximum absolute atomic E-state index is 2.70. The van der Waals surface area contributed by atoms with E-state index in [0.29, 0.717) is 11.8 Å². The third kappa shape index (κ3) is 3.76. The quantitative estimate of drug-likeness (QED) is 0.128. The highest BCUT2D eigenvalue weighted by Gasteiger charge is 2.47. The van der Waals surface area contributed by atoms with Crippen molar-refractivity contribution in [2.45, 2.75) is 39.5 Å². The Bertz CT molecular complexity index is 3840. The first-order chi connectivity index (χ1) is 30.5. The normalized spacial score (nSPS) is 14.0. The van der Waals surface area contributed by atoms with Gasteiger partial charge in [0.2, 0.25) is 13.4 Å². The van der Waals surface area contributed by atoms with E-state index < -0.39 is 0 Å².